The molecule has 0 aliphatic carbocycles. The molecular weight excluding hydrogens is 446 g/mol. The zero-order valence-electron chi connectivity index (χ0n) is 21.3. The summed E-state index contributed by atoms with van der Waals surface area (Å²) in [7, 11) is 0. The smallest absolute Gasteiger partial charge is 0.272 e. The third kappa shape index (κ3) is 5.24. The number of piperazine rings is 1. The Morgan fingerprint density at radius 2 is 1.58 bits per heavy atom. The lowest BCUT2D eigenvalue weighted by molar-refractivity contribution is 0.0641. The van der Waals surface area contributed by atoms with Crippen molar-refractivity contribution in [3.05, 3.63) is 95.8 Å². The van der Waals surface area contributed by atoms with Crippen molar-refractivity contribution in [3.8, 4) is 11.3 Å². The van der Waals surface area contributed by atoms with Gasteiger partial charge in [-0.2, -0.15) is 5.10 Å². The summed E-state index contributed by atoms with van der Waals surface area (Å²) in [6, 6.07) is 24.2. The number of amides is 1. The van der Waals surface area contributed by atoms with Crippen molar-refractivity contribution in [2.75, 3.05) is 32.7 Å². The lowest BCUT2D eigenvalue weighted by Gasteiger charge is -2.34. The lowest BCUT2D eigenvalue weighted by Crippen LogP contribution is -2.49. The molecule has 36 heavy (non-hydrogen) atoms. The van der Waals surface area contributed by atoms with Gasteiger partial charge in [0, 0.05) is 49.8 Å². The highest BCUT2D eigenvalue weighted by molar-refractivity contribution is 5.94. The van der Waals surface area contributed by atoms with Gasteiger partial charge in [-0.05, 0) is 11.6 Å². The molecule has 1 fully saturated rings. The summed E-state index contributed by atoms with van der Waals surface area (Å²) in [5.41, 5.74) is 5.03. The number of hydrogen-bond donors (Lipinski definition) is 0. The molecule has 0 radical (unpaired) electrons. The van der Waals surface area contributed by atoms with Gasteiger partial charge in [0.15, 0.2) is 5.65 Å². The first-order valence-electron chi connectivity index (χ1n) is 12.6. The molecule has 1 amide bonds. The van der Waals surface area contributed by atoms with Crippen LogP contribution in [0, 0.1) is 0 Å². The highest BCUT2D eigenvalue weighted by Gasteiger charge is 2.26. The average molecular weight is 480 g/mol. The summed E-state index contributed by atoms with van der Waals surface area (Å²) < 4.78 is 1.73. The van der Waals surface area contributed by atoms with E-state index in [-0.39, 0.29) is 11.3 Å². The highest BCUT2D eigenvalue weighted by atomic mass is 16.2. The topological polar surface area (TPSA) is 53.7 Å². The van der Waals surface area contributed by atoms with Gasteiger partial charge in [0.05, 0.1) is 11.4 Å². The maximum Gasteiger partial charge on any atom is 0.272 e. The molecule has 184 valence electrons. The molecule has 5 rings (SSSR count). The highest BCUT2D eigenvalue weighted by Crippen LogP contribution is 2.26. The van der Waals surface area contributed by atoms with Crippen molar-refractivity contribution in [2.45, 2.75) is 26.2 Å². The van der Waals surface area contributed by atoms with Crippen LogP contribution in [0.1, 0.15) is 42.5 Å². The largest absolute Gasteiger partial charge is 0.335 e. The summed E-state index contributed by atoms with van der Waals surface area (Å²) in [6.45, 7) is 10.3. The molecule has 0 unspecified atom stereocenters. The Morgan fingerprint density at radius 1 is 0.917 bits per heavy atom. The van der Waals surface area contributed by atoms with E-state index in [9.17, 15) is 4.79 Å². The predicted octanol–water partition coefficient (Wildman–Crippen LogP) is 5.17. The molecular formula is C30H33N5O. The molecule has 3 heterocycles. The Labute approximate surface area is 212 Å². The van der Waals surface area contributed by atoms with E-state index in [1.807, 2.05) is 65.6 Å². The van der Waals surface area contributed by atoms with E-state index in [4.69, 9.17) is 10.1 Å². The molecule has 2 aromatic carbocycles. The maximum absolute atomic E-state index is 13.8. The molecule has 0 atom stereocenters. The van der Waals surface area contributed by atoms with Crippen molar-refractivity contribution in [2.24, 2.45) is 0 Å². The summed E-state index contributed by atoms with van der Waals surface area (Å²) >= 11 is 0. The number of hydrogen-bond acceptors (Lipinski definition) is 4. The van der Waals surface area contributed by atoms with Gasteiger partial charge in [-0.15, -0.1) is 0 Å². The van der Waals surface area contributed by atoms with Crippen LogP contribution in [0.3, 0.4) is 0 Å². The first-order valence-corrected chi connectivity index (χ1v) is 12.6. The molecule has 0 N–H and O–H groups in total. The second-order valence-corrected chi connectivity index (χ2v) is 10.3. The third-order valence-corrected chi connectivity index (χ3v) is 6.62. The standard InChI is InChI=1S/C30H33N5O/c1-30(2,3)27-22-28-31-25(24-14-8-5-9-15-24)21-26(35(28)32-27)29(36)34-19-17-33(18-20-34)16-10-13-23-11-6-4-7-12-23/h4-15,21-22H,16-20H2,1-3H3/b13-10+. The minimum Gasteiger partial charge on any atom is -0.335 e. The quantitative estimate of drug-likeness (QED) is 0.397. The number of carbonyl (C=O) groups excluding carboxylic acids is 1. The zero-order chi connectivity index (χ0) is 25.1. The van der Waals surface area contributed by atoms with Crippen molar-refractivity contribution in [1.82, 2.24) is 24.4 Å². The predicted molar refractivity (Wildman–Crippen MR) is 145 cm³/mol. The van der Waals surface area contributed by atoms with Crippen molar-refractivity contribution >= 4 is 17.6 Å². The van der Waals surface area contributed by atoms with Crippen LogP contribution < -0.4 is 0 Å². The van der Waals surface area contributed by atoms with Gasteiger partial charge in [0.25, 0.3) is 5.91 Å². The zero-order valence-corrected chi connectivity index (χ0v) is 21.3. The van der Waals surface area contributed by atoms with E-state index in [1.54, 1.807) is 4.52 Å². The summed E-state index contributed by atoms with van der Waals surface area (Å²) in [5, 5.41) is 4.81. The second-order valence-electron chi connectivity index (χ2n) is 10.3. The van der Waals surface area contributed by atoms with Gasteiger partial charge in [0.1, 0.15) is 5.69 Å². The van der Waals surface area contributed by atoms with Crippen LogP contribution in [-0.2, 0) is 5.41 Å². The minimum atomic E-state index is -0.139. The van der Waals surface area contributed by atoms with E-state index >= 15 is 0 Å². The summed E-state index contributed by atoms with van der Waals surface area (Å²) in [6.07, 6.45) is 4.35. The van der Waals surface area contributed by atoms with Gasteiger partial charge < -0.3 is 4.90 Å². The number of fused-ring (bicyclic) bond motifs is 1. The normalized spacial score (nSPS) is 15.1. The third-order valence-electron chi connectivity index (χ3n) is 6.62. The lowest BCUT2D eigenvalue weighted by atomic mass is 9.93. The van der Waals surface area contributed by atoms with Crippen molar-refractivity contribution in [3.63, 3.8) is 0 Å². The van der Waals surface area contributed by atoms with Gasteiger partial charge in [0.2, 0.25) is 0 Å². The molecule has 2 aromatic heterocycles. The van der Waals surface area contributed by atoms with E-state index < -0.39 is 0 Å². The number of carbonyl (C=O) groups is 1. The van der Waals surface area contributed by atoms with Crippen molar-refractivity contribution < 1.29 is 4.79 Å². The summed E-state index contributed by atoms with van der Waals surface area (Å²) in [4.78, 5) is 22.9. The van der Waals surface area contributed by atoms with Crippen LogP contribution in [0.15, 0.2) is 78.9 Å². The molecule has 6 heteroatoms. The maximum atomic E-state index is 13.8. The minimum absolute atomic E-state index is 0.00242. The fourth-order valence-corrected chi connectivity index (χ4v) is 4.45. The van der Waals surface area contributed by atoms with Crippen molar-refractivity contribution in [1.29, 1.82) is 0 Å². The monoisotopic (exact) mass is 479 g/mol. The average Bonchev–Trinajstić information content (AvgIpc) is 3.35. The van der Waals surface area contributed by atoms with E-state index in [0.717, 1.165) is 36.6 Å². The van der Waals surface area contributed by atoms with Crippen LogP contribution in [0.25, 0.3) is 23.0 Å². The van der Waals surface area contributed by atoms with Gasteiger partial charge >= 0.3 is 0 Å². The molecule has 1 saturated heterocycles. The van der Waals surface area contributed by atoms with Crippen LogP contribution in [0.5, 0.6) is 0 Å². The molecule has 1 aliphatic heterocycles. The van der Waals surface area contributed by atoms with Gasteiger partial charge in [-0.25, -0.2) is 9.50 Å². The van der Waals surface area contributed by atoms with Crippen LogP contribution >= 0.6 is 0 Å². The molecule has 0 spiro atoms. The SMILES string of the molecule is CC(C)(C)c1cc2nc(-c3ccccc3)cc(C(=O)N3CCN(C/C=C/c4ccccc4)CC3)n2n1. The Hall–Kier alpha value is -3.77. The Kier molecular flexibility index (Phi) is 6.70. The second kappa shape index (κ2) is 10.1. The molecule has 4 aromatic rings. The molecule has 1 aliphatic rings. The number of rotatable bonds is 5. The van der Waals surface area contributed by atoms with E-state index in [1.165, 1.54) is 5.56 Å². The van der Waals surface area contributed by atoms with Crippen LogP contribution in [-0.4, -0.2) is 63.0 Å². The first kappa shape index (κ1) is 23.9. The van der Waals surface area contributed by atoms with Gasteiger partial charge in [-0.1, -0.05) is 93.6 Å². The Bertz CT molecular complexity index is 1360. The first-order chi connectivity index (χ1) is 17.4. The number of aromatic nitrogens is 3. The fourth-order valence-electron chi connectivity index (χ4n) is 4.45. The fraction of sp³-hybridized carbons (Fsp3) is 0.300. The molecule has 0 bridgehead atoms. The van der Waals surface area contributed by atoms with Crippen LogP contribution in [0.4, 0.5) is 0 Å². The van der Waals surface area contributed by atoms with Gasteiger partial charge in [-0.3, -0.25) is 9.69 Å². The van der Waals surface area contributed by atoms with E-state index in [0.29, 0.717) is 24.4 Å². The summed E-state index contributed by atoms with van der Waals surface area (Å²) in [5.74, 6) is 0.00242. The van der Waals surface area contributed by atoms with Crippen LogP contribution in [0.2, 0.25) is 0 Å². The number of nitrogens with zero attached hydrogens (tertiary/aromatic N) is 5. The Morgan fingerprint density at radius 3 is 2.25 bits per heavy atom. The molecule has 6 nitrogen and oxygen atoms in total. The van der Waals surface area contributed by atoms with E-state index in [2.05, 4.69) is 50.0 Å². The Balaban J connectivity index is 1.36. The molecule has 0 saturated carbocycles. The number of benzene rings is 2.